The van der Waals surface area contributed by atoms with Crippen molar-refractivity contribution in [1.82, 2.24) is 9.88 Å². The fraction of sp³-hybridized carbons (Fsp3) is 0.304. The Morgan fingerprint density at radius 2 is 1.88 bits per heavy atom. The summed E-state index contributed by atoms with van der Waals surface area (Å²) < 4.78 is 64.4. The molecular weight excluding hydrogens is 442 g/mol. The van der Waals surface area contributed by atoms with Crippen LogP contribution in [0.4, 0.5) is 23.4 Å². The van der Waals surface area contributed by atoms with Crippen molar-refractivity contribution >= 4 is 22.6 Å². The number of aromatic nitrogens is 1. The Morgan fingerprint density at radius 1 is 1.09 bits per heavy atom. The minimum atomic E-state index is -4.85. The maximum atomic E-state index is 13.8. The Hall–Kier alpha value is -3.24. The number of nitrogens with two attached hydrogens (primary N) is 1. The molecule has 10 heteroatoms. The number of pyridine rings is 1. The molecule has 0 spiro atoms. The number of hydrogen-bond acceptors (Lipinski definition) is 5. The molecule has 33 heavy (non-hydrogen) atoms. The average molecular weight is 461 g/mol. The Morgan fingerprint density at radius 3 is 2.67 bits per heavy atom. The summed E-state index contributed by atoms with van der Waals surface area (Å²) in [4.78, 5) is 19.3. The van der Waals surface area contributed by atoms with E-state index in [4.69, 9.17) is 15.2 Å². The van der Waals surface area contributed by atoms with E-state index in [2.05, 4.69) is 4.98 Å². The van der Waals surface area contributed by atoms with E-state index >= 15 is 0 Å². The van der Waals surface area contributed by atoms with E-state index in [-0.39, 0.29) is 31.2 Å². The summed E-state index contributed by atoms with van der Waals surface area (Å²) in [5.74, 6) is -1.34. The van der Waals surface area contributed by atoms with Gasteiger partial charge in [0.1, 0.15) is 11.6 Å². The van der Waals surface area contributed by atoms with E-state index in [9.17, 15) is 22.4 Å². The lowest BCUT2D eigenvalue weighted by Gasteiger charge is -2.36. The van der Waals surface area contributed by atoms with Crippen LogP contribution in [-0.2, 0) is 28.9 Å². The number of hydrogen-bond donors (Lipinski definition) is 1. The first-order valence-corrected chi connectivity index (χ1v) is 10.3. The fourth-order valence-electron chi connectivity index (χ4n) is 4.36. The average Bonchev–Trinajstić information content (AvgIpc) is 3.29. The topological polar surface area (TPSA) is 77.7 Å². The van der Waals surface area contributed by atoms with Gasteiger partial charge >= 0.3 is 6.18 Å². The maximum absolute atomic E-state index is 13.8. The number of amides is 1. The van der Waals surface area contributed by atoms with E-state index in [0.717, 1.165) is 28.6 Å². The van der Waals surface area contributed by atoms with Crippen LogP contribution >= 0.6 is 0 Å². The van der Waals surface area contributed by atoms with Crippen molar-refractivity contribution in [3.8, 4) is 0 Å². The number of halogens is 4. The van der Waals surface area contributed by atoms with Gasteiger partial charge < -0.3 is 20.1 Å². The lowest BCUT2D eigenvalue weighted by Crippen LogP contribution is -2.43. The zero-order chi connectivity index (χ0) is 23.3. The molecule has 172 valence electrons. The van der Waals surface area contributed by atoms with Crippen molar-refractivity contribution in [2.24, 2.45) is 0 Å². The molecule has 3 aromatic rings. The summed E-state index contributed by atoms with van der Waals surface area (Å²) in [6, 6.07) is 6.97. The minimum absolute atomic E-state index is 0.00355. The van der Waals surface area contributed by atoms with Crippen molar-refractivity contribution in [3.63, 3.8) is 0 Å². The number of morpholine rings is 1. The molecule has 1 aromatic heterocycles. The highest BCUT2D eigenvalue weighted by atomic mass is 19.4. The van der Waals surface area contributed by atoms with Crippen LogP contribution in [-0.4, -0.2) is 35.5 Å². The van der Waals surface area contributed by atoms with Crippen molar-refractivity contribution in [3.05, 3.63) is 70.0 Å². The van der Waals surface area contributed by atoms with Crippen molar-refractivity contribution < 1.29 is 31.8 Å². The van der Waals surface area contributed by atoms with Gasteiger partial charge in [0.05, 0.1) is 43.5 Å². The molecule has 1 saturated heterocycles. The molecule has 0 unspecified atom stereocenters. The smallest absolute Gasteiger partial charge is 0.383 e. The summed E-state index contributed by atoms with van der Waals surface area (Å²) in [7, 11) is 0. The fourth-order valence-corrected chi connectivity index (χ4v) is 4.36. The van der Waals surface area contributed by atoms with Gasteiger partial charge in [0.25, 0.3) is 5.91 Å². The number of anilines is 1. The third kappa shape index (κ3) is 3.79. The second-order valence-corrected chi connectivity index (χ2v) is 8.01. The van der Waals surface area contributed by atoms with Crippen LogP contribution in [0.25, 0.3) is 10.9 Å². The second-order valence-electron chi connectivity index (χ2n) is 8.01. The predicted molar refractivity (Wildman–Crippen MR) is 111 cm³/mol. The molecular formula is C23H19F4N3O3. The summed E-state index contributed by atoms with van der Waals surface area (Å²) in [6.45, 7) is 1.13. The number of carbonyl (C=O) groups excluding carboxylic acids is 1. The van der Waals surface area contributed by atoms with Gasteiger partial charge in [-0.15, -0.1) is 0 Å². The number of nitrogen functional groups attached to an aromatic ring is 1. The SMILES string of the molecule is Nc1nc2ccc(C(=O)N3CCOC[C@H]3c3ccc(F)c(C(F)(F)F)c3)cc2c2c1COC2. The number of rotatable bonds is 2. The Labute approximate surface area is 185 Å². The number of nitrogens with zero attached hydrogens (tertiary/aromatic N) is 2. The summed E-state index contributed by atoms with van der Waals surface area (Å²) >= 11 is 0. The monoisotopic (exact) mass is 461 g/mol. The molecule has 2 aliphatic heterocycles. The molecule has 2 aromatic carbocycles. The third-order valence-corrected chi connectivity index (χ3v) is 6.05. The molecule has 5 rings (SSSR count). The molecule has 6 nitrogen and oxygen atoms in total. The largest absolute Gasteiger partial charge is 0.419 e. The van der Waals surface area contributed by atoms with Gasteiger partial charge in [-0.3, -0.25) is 4.79 Å². The molecule has 0 saturated carbocycles. The van der Waals surface area contributed by atoms with Crippen molar-refractivity contribution in [2.75, 3.05) is 25.5 Å². The van der Waals surface area contributed by atoms with Gasteiger partial charge in [-0.25, -0.2) is 9.37 Å². The molecule has 2 aliphatic rings. The van der Waals surface area contributed by atoms with Gasteiger partial charge in [0, 0.05) is 23.1 Å². The molecule has 0 radical (unpaired) electrons. The van der Waals surface area contributed by atoms with E-state index in [1.165, 1.54) is 11.0 Å². The predicted octanol–water partition coefficient (Wildman–Crippen LogP) is 4.22. The third-order valence-electron chi connectivity index (χ3n) is 6.05. The van der Waals surface area contributed by atoms with Gasteiger partial charge in [-0.1, -0.05) is 6.07 Å². The van der Waals surface area contributed by atoms with Crippen LogP contribution < -0.4 is 5.73 Å². The van der Waals surface area contributed by atoms with E-state index < -0.39 is 23.6 Å². The van der Waals surface area contributed by atoms with Crippen LogP contribution in [0.15, 0.2) is 36.4 Å². The first kappa shape index (κ1) is 21.6. The molecule has 0 bridgehead atoms. The molecule has 1 fully saturated rings. The number of ether oxygens (including phenoxy) is 2. The van der Waals surface area contributed by atoms with Crippen molar-refractivity contribution in [1.29, 1.82) is 0 Å². The Kier molecular flexibility index (Phi) is 5.21. The molecule has 2 N–H and O–H groups in total. The van der Waals surface area contributed by atoms with Crippen LogP contribution in [0.2, 0.25) is 0 Å². The lowest BCUT2D eigenvalue weighted by atomic mass is 9.99. The lowest BCUT2D eigenvalue weighted by molar-refractivity contribution is -0.140. The zero-order valence-electron chi connectivity index (χ0n) is 17.3. The number of fused-ring (bicyclic) bond motifs is 3. The standard InChI is InChI=1S/C23H19F4N3O3/c24-18-3-1-12(8-17(18)23(25,26)27)20-11-32-6-5-30(20)22(31)13-2-4-19-14(7-13)15-9-33-10-16(15)21(28)29-19/h1-4,7-8,20H,5-6,9-11H2,(H2,28,29)/t20-/m0/s1. The van der Waals surface area contributed by atoms with Crippen LogP contribution in [0.1, 0.15) is 38.7 Å². The van der Waals surface area contributed by atoms with Gasteiger partial charge in [-0.05, 0) is 41.5 Å². The number of carbonyl (C=O) groups is 1. The first-order chi connectivity index (χ1) is 15.7. The van der Waals surface area contributed by atoms with E-state index in [1.54, 1.807) is 18.2 Å². The van der Waals surface area contributed by atoms with Crippen molar-refractivity contribution in [2.45, 2.75) is 25.4 Å². The second kappa shape index (κ2) is 7.96. The van der Waals surface area contributed by atoms with Crippen LogP contribution in [0.5, 0.6) is 0 Å². The zero-order valence-corrected chi connectivity index (χ0v) is 17.3. The van der Waals surface area contributed by atoms with Gasteiger partial charge in [0.15, 0.2) is 0 Å². The molecule has 1 amide bonds. The molecule has 0 aliphatic carbocycles. The quantitative estimate of drug-likeness (QED) is 0.579. The Balaban J connectivity index is 1.52. The highest BCUT2D eigenvalue weighted by Gasteiger charge is 2.36. The van der Waals surface area contributed by atoms with Gasteiger partial charge in [0.2, 0.25) is 0 Å². The van der Waals surface area contributed by atoms with E-state index in [0.29, 0.717) is 30.1 Å². The number of alkyl halides is 3. The molecule has 3 heterocycles. The highest BCUT2D eigenvalue weighted by Crippen LogP contribution is 2.36. The summed E-state index contributed by atoms with van der Waals surface area (Å²) in [6.07, 6.45) is -4.85. The minimum Gasteiger partial charge on any atom is -0.383 e. The first-order valence-electron chi connectivity index (χ1n) is 10.3. The molecule has 1 atom stereocenters. The van der Waals surface area contributed by atoms with Crippen LogP contribution in [0, 0.1) is 5.82 Å². The highest BCUT2D eigenvalue weighted by molar-refractivity contribution is 5.99. The number of benzene rings is 2. The Bertz CT molecular complexity index is 1260. The normalized spacial score (nSPS) is 18.5. The van der Waals surface area contributed by atoms with Gasteiger partial charge in [-0.2, -0.15) is 13.2 Å². The van der Waals surface area contributed by atoms with E-state index in [1.807, 2.05) is 0 Å². The summed E-state index contributed by atoms with van der Waals surface area (Å²) in [5.41, 5.74) is 7.43. The van der Waals surface area contributed by atoms with Crippen LogP contribution in [0.3, 0.4) is 0 Å². The maximum Gasteiger partial charge on any atom is 0.419 e. The summed E-state index contributed by atoms with van der Waals surface area (Å²) in [5, 5.41) is 0.744.